The summed E-state index contributed by atoms with van der Waals surface area (Å²) in [5, 5.41) is 2.42. The molecule has 1 aromatic carbocycles. The highest BCUT2D eigenvalue weighted by atomic mass is 19.4. The maximum atomic E-state index is 12.0. The third kappa shape index (κ3) is 4.99. The van der Waals surface area contributed by atoms with Crippen molar-refractivity contribution in [3.05, 3.63) is 23.8 Å². The summed E-state index contributed by atoms with van der Waals surface area (Å²) in [7, 11) is 0. The van der Waals surface area contributed by atoms with Crippen LogP contribution in [0.4, 0.5) is 18.9 Å². The number of nitrogens with two attached hydrogens (primary N) is 1. The smallest absolute Gasteiger partial charge is 0.389 e. The number of hydrogen-bond donors (Lipinski definition) is 2. The van der Waals surface area contributed by atoms with Crippen LogP contribution in [-0.4, -0.2) is 25.2 Å². The van der Waals surface area contributed by atoms with E-state index in [1.165, 1.54) is 6.07 Å². The maximum Gasteiger partial charge on any atom is 0.389 e. The number of alkyl halides is 3. The lowest BCUT2D eigenvalue weighted by Gasteiger charge is -2.13. The summed E-state index contributed by atoms with van der Waals surface area (Å²) in [5.41, 5.74) is 6.24. The van der Waals surface area contributed by atoms with Gasteiger partial charge in [-0.15, -0.1) is 0 Å². The second-order valence-corrected chi connectivity index (χ2v) is 4.13. The topological polar surface area (TPSA) is 64.3 Å². The van der Waals surface area contributed by atoms with Crippen LogP contribution in [0, 0.1) is 0 Å². The summed E-state index contributed by atoms with van der Waals surface area (Å²) in [4.78, 5) is 11.9. The van der Waals surface area contributed by atoms with Gasteiger partial charge in [-0.05, 0) is 25.5 Å². The molecule has 1 amide bonds. The molecule has 0 fully saturated rings. The van der Waals surface area contributed by atoms with Gasteiger partial charge in [0.05, 0.1) is 17.9 Å². The highest BCUT2D eigenvalue weighted by molar-refractivity contribution is 5.98. The van der Waals surface area contributed by atoms with Gasteiger partial charge in [-0.1, -0.05) is 6.07 Å². The lowest BCUT2D eigenvalue weighted by Crippen LogP contribution is -2.26. The molecule has 0 aromatic heterocycles. The van der Waals surface area contributed by atoms with Crippen LogP contribution < -0.4 is 15.8 Å². The van der Waals surface area contributed by atoms with E-state index in [1.807, 2.05) is 0 Å². The quantitative estimate of drug-likeness (QED) is 0.625. The Balaban J connectivity index is 2.61. The molecule has 0 unspecified atom stereocenters. The van der Waals surface area contributed by atoms with Gasteiger partial charge in [0.25, 0.3) is 5.91 Å². The Morgan fingerprint density at radius 1 is 1.40 bits per heavy atom. The van der Waals surface area contributed by atoms with Crippen molar-refractivity contribution in [3.8, 4) is 5.75 Å². The lowest BCUT2D eigenvalue weighted by molar-refractivity contribution is -0.135. The molecule has 3 N–H and O–H groups in total. The molecule has 4 nitrogen and oxygen atoms in total. The van der Waals surface area contributed by atoms with Gasteiger partial charge in [0.2, 0.25) is 0 Å². The van der Waals surface area contributed by atoms with Crippen molar-refractivity contribution in [2.45, 2.75) is 25.9 Å². The number of hydrogen-bond acceptors (Lipinski definition) is 3. The lowest BCUT2D eigenvalue weighted by atomic mass is 10.1. The monoisotopic (exact) mass is 290 g/mol. The number of para-hydroxylation sites is 1. The summed E-state index contributed by atoms with van der Waals surface area (Å²) >= 11 is 0. The van der Waals surface area contributed by atoms with E-state index in [2.05, 4.69) is 5.32 Å². The van der Waals surface area contributed by atoms with E-state index in [-0.39, 0.29) is 24.3 Å². The average molecular weight is 290 g/mol. The van der Waals surface area contributed by atoms with Crippen molar-refractivity contribution in [2.24, 2.45) is 0 Å². The number of rotatable bonds is 6. The minimum Gasteiger partial charge on any atom is -0.491 e. The number of ether oxygens (including phenoxy) is 1. The largest absolute Gasteiger partial charge is 0.491 e. The first-order valence-corrected chi connectivity index (χ1v) is 6.21. The van der Waals surface area contributed by atoms with E-state index in [1.54, 1.807) is 19.1 Å². The van der Waals surface area contributed by atoms with E-state index in [9.17, 15) is 18.0 Å². The molecule has 0 saturated heterocycles. The highest BCUT2D eigenvalue weighted by Gasteiger charge is 2.26. The number of nitrogen functional groups attached to an aromatic ring is 1. The summed E-state index contributed by atoms with van der Waals surface area (Å²) in [6, 6.07) is 4.69. The third-order valence-electron chi connectivity index (χ3n) is 2.50. The molecule has 0 radical (unpaired) electrons. The molecule has 1 rings (SSSR count). The fourth-order valence-electron chi connectivity index (χ4n) is 1.63. The second-order valence-electron chi connectivity index (χ2n) is 4.13. The van der Waals surface area contributed by atoms with Crippen LogP contribution in [0.15, 0.2) is 18.2 Å². The minimum absolute atomic E-state index is 0.0568. The van der Waals surface area contributed by atoms with Gasteiger partial charge in [0, 0.05) is 13.0 Å². The molecule has 0 aliphatic heterocycles. The number of carbonyl (C=O) groups is 1. The standard InChI is InChI=1S/C13H17F3N2O2/c1-2-20-11-9(5-3-6-10(11)17)12(19)18-8-4-7-13(14,15)16/h3,5-6H,2,4,7-8,17H2,1H3,(H,18,19). The molecule has 20 heavy (non-hydrogen) atoms. The van der Waals surface area contributed by atoms with Crippen molar-refractivity contribution in [3.63, 3.8) is 0 Å². The minimum atomic E-state index is -4.21. The first-order chi connectivity index (χ1) is 9.35. The molecule has 0 bridgehead atoms. The van der Waals surface area contributed by atoms with E-state index in [0.717, 1.165) is 0 Å². The number of halogens is 3. The number of benzene rings is 1. The number of nitrogens with one attached hydrogen (secondary N) is 1. The normalized spacial score (nSPS) is 11.2. The summed E-state index contributed by atoms with van der Waals surface area (Å²) in [6.45, 7) is 2.03. The van der Waals surface area contributed by atoms with Crippen molar-refractivity contribution >= 4 is 11.6 Å². The molecule has 0 aliphatic rings. The van der Waals surface area contributed by atoms with Crippen LogP contribution >= 0.6 is 0 Å². The van der Waals surface area contributed by atoms with Crippen molar-refractivity contribution in [1.29, 1.82) is 0 Å². The molecule has 0 aliphatic carbocycles. The van der Waals surface area contributed by atoms with Gasteiger partial charge in [-0.2, -0.15) is 13.2 Å². The zero-order valence-corrected chi connectivity index (χ0v) is 11.1. The summed E-state index contributed by atoms with van der Waals surface area (Å²) in [5.74, 6) is -0.244. The Morgan fingerprint density at radius 3 is 2.70 bits per heavy atom. The molecule has 0 atom stereocenters. The van der Waals surface area contributed by atoms with Crippen LogP contribution in [0.3, 0.4) is 0 Å². The summed E-state index contributed by atoms with van der Waals surface area (Å²) < 4.78 is 41.2. The van der Waals surface area contributed by atoms with Gasteiger partial charge < -0.3 is 15.8 Å². The van der Waals surface area contributed by atoms with Gasteiger partial charge >= 0.3 is 6.18 Å². The van der Waals surface area contributed by atoms with E-state index in [0.29, 0.717) is 12.3 Å². The highest BCUT2D eigenvalue weighted by Crippen LogP contribution is 2.26. The maximum absolute atomic E-state index is 12.0. The van der Waals surface area contributed by atoms with Crippen molar-refractivity contribution < 1.29 is 22.7 Å². The van der Waals surface area contributed by atoms with Crippen LogP contribution in [0.5, 0.6) is 5.75 Å². The van der Waals surface area contributed by atoms with Crippen molar-refractivity contribution in [2.75, 3.05) is 18.9 Å². The third-order valence-corrected chi connectivity index (χ3v) is 2.50. The molecule has 112 valence electrons. The van der Waals surface area contributed by atoms with Crippen LogP contribution in [0.25, 0.3) is 0 Å². The van der Waals surface area contributed by atoms with Gasteiger partial charge in [0.15, 0.2) is 5.75 Å². The predicted molar refractivity (Wildman–Crippen MR) is 69.6 cm³/mol. The number of amides is 1. The fraction of sp³-hybridized carbons (Fsp3) is 0.462. The van der Waals surface area contributed by atoms with Crippen LogP contribution in [0.1, 0.15) is 30.1 Å². The van der Waals surface area contributed by atoms with E-state index >= 15 is 0 Å². The van der Waals surface area contributed by atoms with Crippen LogP contribution in [0.2, 0.25) is 0 Å². The second kappa shape index (κ2) is 7.02. The Kier molecular flexibility index (Phi) is 5.66. The molecular weight excluding hydrogens is 273 g/mol. The molecule has 0 spiro atoms. The van der Waals surface area contributed by atoms with Gasteiger partial charge in [0.1, 0.15) is 0 Å². The Morgan fingerprint density at radius 2 is 2.10 bits per heavy atom. The van der Waals surface area contributed by atoms with Crippen molar-refractivity contribution in [1.82, 2.24) is 5.32 Å². The Labute approximate surface area is 115 Å². The average Bonchev–Trinajstić information content (AvgIpc) is 2.36. The van der Waals surface area contributed by atoms with E-state index in [4.69, 9.17) is 10.5 Å². The molecule has 7 heteroatoms. The first kappa shape index (κ1) is 16.1. The zero-order chi connectivity index (χ0) is 15.2. The van der Waals surface area contributed by atoms with E-state index < -0.39 is 18.5 Å². The zero-order valence-electron chi connectivity index (χ0n) is 11.1. The molecular formula is C13H17F3N2O2. The first-order valence-electron chi connectivity index (χ1n) is 6.21. The number of carbonyl (C=O) groups excluding carboxylic acids is 1. The molecule has 1 aromatic rings. The number of anilines is 1. The fourth-order valence-corrected chi connectivity index (χ4v) is 1.63. The SMILES string of the molecule is CCOc1c(N)cccc1C(=O)NCCCC(F)(F)F. The molecule has 0 heterocycles. The van der Waals surface area contributed by atoms with Gasteiger partial charge in [-0.25, -0.2) is 0 Å². The Hall–Kier alpha value is -1.92. The van der Waals surface area contributed by atoms with Crippen LogP contribution in [-0.2, 0) is 0 Å². The van der Waals surface area contributed by atoms with Gasteiger partial charge in [-0.3, -0.25) is 4.79 Å². The Bertz CT molecular complexity index is 461. The molecule has 0 saturated carbocycles. The predicted octanol–water partition coefficient (Wildman–Crippen LogP) is 2.74. The summed E-state index contributed by atoms with van der Waals surface area (Å²) in [6.07, 6.45) is -5.30.